The lowest BCUT2D eigenvalue weighted by Crippen LogP contribution is -2.31. The summed E-state index contributed by atoms with van der Waals surface area (Å²) in [7, 11) is 0. The van der Waals surface area contributed by atoms with Crippen molar-refractivity contribution in [2.45, 2.75) is 64.5 Å². The van der Waals surface area contributed by atoms with Crippen LogP contribution >= 0.6 is 11.3 Å². The van der Waals surface area contributed by atoms with E-state index in [1.54, 1.807) is 12.4 Å². The lowest BCUT2D eigenvalue weighted by Gasteiger charge is -2.22. The van der Waals surface area contributed by atoms with Crippen LogP contribution in [0.3, 0.4) is 0 Å². The first-order chi connectivity index (χ1) is 16.4. The Morgan fingerprint density at radius 1 is 1.41 bits per heavy atom. The number of thiophene rings is 1. The number of nitriles is 1. The van der Waals surface area contributed by atoms with Gasteiger partial charge in [0.15, 0.2) is 0 Å². The van der Waals surface area contributed by atoms with Gasteiger partial charge in [-0.3, -0.25) is 14.9 Å². The lowest BCUT2D eigenvalue weighted by atomic mass is 9.92. The van der Waals surface area contributed by atoms with Gasteiger partial charge in [0.25, 0.3) is 0 Å². The van der Waals surface area contributed by atoms with Crippen LogP contribution in [0.25, 0.3) is 0 Å². The van der Waals surface area contributed by atoms with Gasteiger partial charge in [-0.15, -0.1) is 11.3 Å². The molecule has 176 valence electrons. The summed E-state index contributed by atoms with van der Waals surface area (Å²) < 4.78 is 5.62. The van der Waals surface area contributed by atoms with Crippen molar-refractivity contribution < 1.29 is 14.3 Å². The van der Waals surface area contributed by atoms with Crippen LogP contribution in [-0.4, -0.2) is 33.2 Å². The number of nitrogens with one attached hydrogen (secondary N) is 2. The zero-order chi connectivity index (χ0) is 24.1. The van der Waals surface area contributed by atoms with Crippen LogP contribution in [-0.2, 0) is 35.3 Å². The second-order valence-corrected chi connectivity index (χ2v) is 9.82. The Labute approximate surface area is 202 Å². The minimum atomic E-state index is -0.468. The Kier molecular flexibility index (Phi) is 7.38. The molecule has 3 heterocycles. The fourth-order valence-corrected chi connectivity index (χ4v) is 5.64. The van der Waals surface area contributed by atoms with Gasteiger partial charge in [0.2, 0.25) is 0 Å². The molecule has 1 aliphatic carbocycles. The molecule has 3 aromatic heterocycles. The number of pyridine rings is 1. The summed E-state index contributed by atoms with van der Waals surface area (Å²) in [6, 6.07) is 8.01. The largest absolute Gasteiger partial charge is 0.446 e. The van der Waals surface area contributed by atoms with Gasteiger partial charge < -0.3 is 10.1 Å². The van der Waals surface area contributed by atoms with Gasteiger partial charge in [0.05, 0.1) is 11.8 Å². The number of fused-ring (bicyclic) bond motifs is 1. The molecule has 4 rings (SSSR count). The van der Waals surface area contributed by atoms with E-state index in [-0.39, 0.29) is 24.2 Å². The molecular weight excluding hydrogens is 450 g/mol. The van der Waals surface area contributed by atoms with E-state index in [2.05, 4.69) is 26.6 Å². The number of nitrogens with zero attached hydrogens (tertiary/aromatic N) is 3. The first-order valence-corrected chi connectivity index (χ1v) is 12.2. The number of aromatic amines is 1. The molecule has 0 bridgehead atoms. The second-order valence-electron chi connectivity index (χ2n) is 8.63. The Morgan fingerprint density at radius 2 is 2.26 bits per heavy atom. The molecule has 2 unspecified atom stereocenters. The summed E-state index contributed by atoms with van der Waals surface area (Å²) in [6.07, 6.45) is 5.19. The SMILES string of the molecule is Cc1[nH]ncc1CNC(=O)OC1CCc2c(sc(CC(=O)CC(C)c3ccccn3)c2C#N)C1. The molecule has 0 fully saturated rings. The van der Waals surface area contributed by atoms with E-state index in [0.717, 1.165) is 32.3 Å². The molecule has 1 amide bonds. The zero-order valence-corrected chi connectivity index (χ0v) is 20.1. The number of aryl methyl sites for hydroxylation is 1. The van der Waals surface area contributed by atoms with E-state index in [1.165, 1.54) is 11.3 Å². The van der Waals surface area contributed by atoms with Gasteiger partial charge >= 0.3 is 6.09 Å². The third-order valence-electron chi connectivity index (χ3n) is 6.12. The van der Waals surface area contributed by atoms with E-state index in [9.17, 15) is 14.9 Å². The van der Waals surface area contributed by atoms with Crippen LogP contribution in [0.15, 0.2) is 30.6 Å². The average molecular weight is 478 g/mol. The molecule has 3 aromatic rings. The number of hydrogen-bond acceptors (Lipinski definition) is 7. The van der Waals surface area contributed by atoms with Gasteiger partial charge in [-0.05, 0) is 37.5 Å². The fourth-order valence-electron chi connectivity index (χ4n) is 4.25. The minimum absolute atomic E-state index is 0.0240. The number of rotatable bonds is 8. The lowest BCUT2D eigenvalue weighted by molar-refractivity contribution is -0.118. The van der Waals surface area contributed by atoms with E-state index in [0.29, 0.717) is 37.8 Å². The Balaban J connectivity index is 1.35. The number of hydrogen-bond donors (Lipinski definition) is 2. The van der Waals surface area contributed by atoms with Crippen molar-refractivity contribution in [2.75, 3.05) is 0 Å². The fraction of sp³-hybridized carbons (Fsp3) is 0.400. The third kappa shape index (κ3) is 5.51. The predicted molar refractivity (Wildman–Crippen MR) is 127 cm³/mol. The molecular formula is C25H27N5O3S. The molecule has 0 aromatic carbocycles. The third-order valence-corrected chi connectivity index (χ3v) is 7.37. The van der Waals surface area contributed by atoms with Crippen LogP contribution in [0.1, 0.15) is 63.5 Å². The van der Waals surface area contributed by atoms with Gasteiger partial charge in [0, 0.05) is 64.6 Å². The molecule has 0 radical (unpaired) electrons. The molecule has 0 saturated carbocycles. The second kappa shape index (κ2) is 10.6. The van der Waals surface area contributed by atoms with E-state index in [4.69, 9.17) is 4.74 Å². The van der Waals surface area contributed by atoms with Crippen molar-refractivity contribution in [2.24, 2.45) is 0 Å². The summed E-state index contributed by atoms with van der Waals surface area (Å²) >= 11 is 1.50. The number of ketones is 1. The monoisotopic (exact) mass is 477 g/mol. The quantitative estimate of drug-likeness (QED) is 0.503. The van der Waals surface area contributed by atoms with Gasteiger partial charge in [-0.25, -0.2) is 4.79 Å². The van der Waals surface area contributed by atoms with Crippen LogP contribution in [0.5, 0.6) is 0 Å². The smallest absolute Gasteiger partial charge is 0.407 e. The molecule has 34 heavy (non-hydrogen) atoms. The summed E-state index contributed by atoms with van der Waals surface area (Å²) in [4.78, 5) is 31.2. The highest BCUT2D eigenvalue weighted by Crippen LogP contribution is 2.36. The van der Waals surface area contributed by atoms with Crippen LogP contribution in [0.2, 0.25) is 0 Å². The standard InChI is InChI=1S/C25H27N5O3S/c1-15(22-5-3-4-8-27-22)9-18(31)10-23-21(12-26)20-7-6-19(11-24(20)34-23)33-25(32)28-13-17-14-29-30-16(17)2/h3-5,8,14-15,19H,6-7,9-11,13H2,1-2H3,(H,28,32)(H,29,30). The van der Waals surface area contributed by atoms with Crippen molar-refractivity contribution in [1.29, 1.82) is 5.26 Å². The number of H-pyrrole nitrogens is 1. The first kappa shape index (κ1) is 23.6. The minimum Gasteiger partial charge on any atom is -0.446 e. The van der Waals surface area contributed by atoms with Crippen molar-refractivity contribution >= 4 is 23.2 Å². The van der Waals surface area contributed by atoms with Crippen molar-refractivity contribution in [3.63, 3.8) is 0 Å². The topological polar surface area (TPSA) is 121 Å². The maximum Gasteiger partial charge on any atom is 0.407 e. The van der Waals surface area contributed by atoms with Crippen molar-refractivity contribution in [3.8, 4) is 6.07 Å². The molecule has 8 nitrogen and oxygen atoms in total. The number of Topliss-reactive ketones (excluding diaryl/α,β-unsaturated/α-hetero) is 1. The van der Waals surface area contributed by atoms with Crippen molar-refractivity contribution in [1.82, 2.24) is 20.5 Å². The number of ether oxygens (including phenoxy) is 1. The Hall–Kier alpha value is -3.51. The van der Waals surface area contributed by atoms with Crippen LogP contribution < -0.4 is 5.32 Å². The van der Waals surface area contributed by atoms with Crippen LogP contribution in [0.4, 0.5) is 4.79 Å². The number of carbonyl (C=O) groups excluding carboxylic acids is 2. The van der Waals surface area contributed by atoms with E-state index >= 15 is 0 Å². The highest BCUT2D eigenvalue weighted by atomic mass is 32.1. The van der Waals surface area contributed by atoms with Gasteiger partial charge in [-0.2, -0.15) is 10.4 Å². The average Bonchev–Trinajstić information content (AvgIpc) is 3.39. The van der Waals surface area contributed by atoms with Gasteiger partial charge in [0.1, 0.15) is 18.0 Å². The maximum absolute atomic E-state index is 12.8. The molecule has 0 saturated heterocycles. The van der Waals surface area contributed by atoms with E-state index in [1.807, 2.05) is 32.0 Å². The number of amides is 1. The molecule has 0 spiro atoms. The van der Waals surface area contributed by atoms with Crippen molar-refractivity contribution in [3.05, 3.63) is 68.4 Å². The molecule has 2 atom stereocenters. The highest BCUT2D eigenvalue weighted by Gasteiger charge is 2.28. The summed E-state index contributed by atoms with van der Waals surface area (Å²) in [5, 5.41) is 19.3. The summed E-state index contributed by atoms with van der Waals surface area (Å²) in [6.45, 7) is 4.23. The molecule has 2 N–H and O–H groups in total. The summed E-state index contributed by atoms with van der Waals surface area (Å²) in [5.74, 6) is 0.117. The Morgan fingerprint density at radius 3 is 2.97 bits per heavy atom. The molecule has 1 aliphatic rings. The van der Waals surface area contributed by atoms with E-state index < -0.39 is 6.09 Å². The molecule has 0 aliphatic heterocycles. The molecule has 9 heteroatoms. The van der Waals surface area contributed by atoms with Crippen LogP contribution in [0, 0.1) is 18.3 Å². The summed E-state index contributed by atoms with van der Waals surface area (Å²) in [5.41, 5.74) is 4.33. The maximum atomic E-state index is 12.8. The number of carbonyl (C=O) groups is 2. The number of aromatic nitrogens is 3. The first-order valence-electron chi connectivity index (χ1n) is 11.3. The Bertz CT molecular complexity index is 1210. The highest BCUT2D eigenvalue weighted by molar-refractivity contribution is 7.12. The number of alkyl carbamates (subject to hydrolysis) is 1. The predicted octanol–water partition coefficient (Wildman–Crippen LogP) is 4.14. The van der Waals surface area contributed by atoms with Gasteiger partial charge in [-0.1, -0.05) is 13.0 Å². The normalized spacial score (nSPS) is 15.7. The zero-order valence-electron chi connectivity index (χ0n) is 19.3.